The Morgan fingerprint density at radius 1 is 1.50 bits per heavy atom. The van der Waals surface area contributed by atoms with Crippen LogP contribution in [0.25, 0.3) is 0 Å². The molecule has 0 spiro atoms. The Morgan fingerprint density at radius 3 is 2.89 bits per heavy atom. The molecule has 1 aliphatic heterocycles. The van der Waals surface area contributed by atoms with Gasteiger partial charge in [-0.15, -0.1) is 0 Å². The van der Waals surface area contributed by atoms with Crippen molar-refractivity contribution in [2.45, 2.75) is 12.5 Å². The molecule has 1 fully saturated rings. The maximum absolute atomic E-state index is 12.2. The minimum Gasteiger partial charge on any atom is -0.362 e. The second-order valence-electron chi connectivity index (χ2n) is 4.89. The fourth-order valence-corrected chi connectivity index (χ4v) is 2.21. The number of anilines is 1. The van der Waals surface area contributed by atoms with Crippen LogP contribution in [0.2, 0.25) is 0 Å². The summed E-state index contributed by atoms with van der Waals surface area (Å²) < 4.78 is 5.68. The lowest BCUT2D eigenvalue weighted by molar-refractivity contribution is -0.155. The van der Waals surface area contributed by atoms with Gasteiger partial charge in [0.2, 0.25) is 0 Å². The van der Waals surface area contributed by atoms with Gasteiger partial charge in [-0.3, -0.25) is 4.79 Å². The Bertz CT molecular complexity index is 422. The second kappa shape index (κ2) is 4.94. The molecule has 5 heteroatoms. The summed E-state index contributed by atoms with van der Waals surface area (Å²) in [7, 11) is 3.49. The van der Waals surface area contributed by atoms with E-state index in [-0.39, 0.29) is 5.91 Å². The van der Waals surface area contributed by atoms with Gasteiger partial charge in [0, 0.05) is 26.8 Å². The molecule has 1 aliphatic rings. The predicted octanol–water partition coefficient (Wildman–Crippen LogP) is 0.765. The van der Waals surface area contributed by atoms with E-state index in [0.717, 1.165) is 12.4 Å². The molecule has 0 radical (unpaired) electrons. The molecule has 18 heavy (non-hydrogen) atoms. The van der Waals surface area contributed by atoms with Crippen LogP contribution in [0.1, 0.15) is 6.92 Å². The maximum Gasteiger partial charge on any atom is 0.255 e. The van der Waals surface area contributed by atoms with E-state index in [4.69, 9.17) is 4.74 Å². The Labute approximate surface area is 107 Å². The van der Waals surface area contributed by atoms with Crippen molar-refractivity contribution in [2.75, 3.05) is 38.7 Å². The molecular weight excluding hydrogens is 230 g/mol. The van der Waals surface area contributed by atoms with E-state index in [1.807, 2.05) is 25.1 Å². The minimum absolute atomic E-state index is 0.0110. The molecular formula is C13H19N3O2. The van der Waals surface area contributed by atoms with Gasteiger partial charge >= 0.3 is 0 Å². The average Bonchev–Trinajstić information content (AvgIpc) is 2.39. The monoisotopic (exact) mass is 249 g/mol. The molecule has 0 saturated carbocycles. The van der Waals surface area contributed by atoms with Crippen LogP contribution in [-0.2, 0) is 9.53 Å². The highest BCUT2D eigenvalue weighted by atomic mass is 16.5. The fourth-order valence-electron chi connectivity index (χ4n) is 2.21. The molecule has 1 aromatic heterocycles. The van der Waals surface area contributed by atoms with Crippen LogP contribution in [0.15, 0.2) is 24.4 Å². The number of rotatable bonds is 2. The number of amides is 1. The summed E-state index contributed by atoms with van der Waals surface area (Å²) in [6, 6.07) is 5.78. The number of hydrogen-bond donors (Lipinski definition) is 0. The molecule has 1 saturated heterocycles. The third-order valence-corrected chi connectivity index (χ3v) is 3.11. The van der Waals surface area contributed by atoms with E-state index < -0.39 is 5.60 Å². The van der Waals surface area contributed by atoms with Crippen molar-refractivity contribution in [1.29, 1.82) is 0 Å². The molecule has 1 amide bonds. The Hall–Kier alpha value is -1.62. The van der Waals surface area contributed by atoms with Gasteiger partial charge in [0.1, 0.15) is 5.82 Å². The number of carbonyl (C=O) groups excluding carboxylic acids is 1. The first-order valence-electron chi connectivity index (χ1n) is 6.05. The molecule has 98 valence electrons. The number of nitrogens with zero attached hydrogens (tertiary/aromatic N) is 3. The average molecular weight is 249 g/mol. The van der Waals surface area contributed by atoms with Gasteiger partial charge in [-0.05, 0) is 19.1 Å². The lowest BCUT2D eigenvalue weighted by Crippen LogP contribution is -2.58. The van der Waals surface area contributed by atoms with Gasteiger partial charge in [0.05, 0.1) is 13.2 Å². The summed E-state index contributed by atoms with van der Waals surface area (Å²) in [5, 5.41) is 0. The largest absolute Gasteiger partial charge is 0.362 e. The molecule has 1 atom stereocenters. The van der Waals surface area contributed by atoms with Crippen molar-refractivity contribution >= 4 is 11.7 Å². The molecule has 0 unspecified atom stereocenters. The van der Waals surface area contributed by atoms with Crippen LogP contribution < -0.4 is 4.90 Å². The first-order chi connectivity index (χ1) is 8.53. The molecule has 0 aromatic carbocycles. The smallest absolute Gasteiger partial charge is 0.255 e. The van der Waals surface area contributed by atoms with Crippen molar-refractivity contribution in [3.05, 3.63) is 24.4 Å². The van der Waals surface area contributed by atoms with E-state index in [1.54, 1.807) is 25.2 Å². The van der Waals surface area contributed by atoms with Crippen molar-refractivity contribution in [3.8, 4) is 0 Å². The van der Waals surface area contributed by atoms with Crippen molar-refractivity contribution in [3.63, 3.8) is 0 Å². The van der Waals surface area contributed by atoms with Crippen molar-refractivity contribution < 1.29 is 9.53 Å². The number of pyridine rings is 1. The predicted molar refractivity (Wildman–Crippen MR) is 69.5 cm³/mol. The molecule has 0 bridgehead atoms. The quantitative estimate of drug-likeness (QED) is 0.776. The molecule has 0 aliphatic carbocycles. The zero-order valence-electron chi connectivity index (χ0n) is 11.1. The topological polar surface area (TPSA) is 45.7 Å². The van der Waals surface area contributed by atoms with Gasteiger partial charge < -0.3 is 14.5 Å². The third-order valence-electron chi connectivity index (χ3n) is 3.11. The summed E-state index contributed by atoms with van der Waals surface area (Å²) >= 11 is 0. The Kier molecular flexibility index (Phi) is 3.52. The van der Waals surface area contributed by atoms with Crippen LogP contribution in [0.5, 0.6) is 0 Å². The second-order valence-corrected chi connectivity index (χ2v) is 4.89. The Balaban J connectivity index is 2.16. The first kappa shape index (κ1) is 12.8. The minimum atomic E-state index is -0.792. The van der Waals surface area contributed by atoms with Crippen LogP contribution in [0.3, 0.4) is 0 Å². The summed E-state index contributed by atoms with van der Waals surface area (Å²) in [6.07, 6.45) is 1.76. The lowest BCUT2D eigenvalue weighted by atomic mass is 10.0. The molecule has 5 nitrogen and oxygen atoms in total. The van der Waals surface area contributed by atoms with Crippen LogP contribution in [0.4, 0.5) is 5.82 Å². The van der Waals surface area contributed by atoms with Crippen molar-refractivity contribution in [2.24, 2.45) is 0 Å². The van der Waals surface area contributed by atoms with E-state index in [9.17, 15) is 4.79 Å². The highest BCUT2D eigenvalue weighted by molar-refractivity contribution is 5.85. The summed E-state index contributed by atoms with van der Waals surface area (Å²) in [5.74, 6) is 0.877. The molecule has 1 aromatic rings. The standard InChI is InChI=1S/C13H19N3O2/c1-13(12(17)15(2)3)10-16(8-9-18-13)11-6-4-5-7-14-11/h4-7H,8-10H2,1-3H3/t13-/m1/s1. The van der Waals surface area contributed by atoms with Gasteiger partial charge in [-0.1, -0.05) is 6.07 Å². The van der Waals surface area contributed by atoms with Crippen LogP contribution >= 0.6 is 0 Å². The van der Waals surface area contributed by atoms with Gasteiger partial charge in [-0.25, -0.2) is 4.98 Å². The molecule has 0 N–H and O–H groups in total. The lowest BCUT2D eigenvalue weighted by Gasteiger charge is -2.40. The maximum atomic E-state index is 12.2. The van der Waals surface area contributed by atoms with Crippen molar-refractivity contribution in [1.82, 2.24) is 9.88 Å². The van der Waals surface area contributed by atoms with Gasteiger partial charge in [-0.2, -0.15) is 0 Å². The normalized spacial score (nSPS) is 23.8. The number of ether oxygens (including phenoxy) is 1. The number of likely N-dealkylation sites (N-methyl/N-ethyl adjacent to an activating group) is 1. The first-order valence-corrected chi connectivity index (χ1v) is 6.05. The fraction of sp³-hybridized carbons (Fsp3) is 0.538. The highest BCUT2D eigenvalue weighted by Crippen LogP contribution is 2.23. The van der Waals surface area contributed by atoms with E-state index >= 15 is 0 Å². The highest BCUT2D eigenvalue weighted by Gasteiger charge is 2.40. The Morgan fingerprint density at radius 2 is 2.28 bits per heavy atom. The van der Waals surface area contributed by atoms with Crippen LogP contribution in [0, 0.1) is 0 Å². The zero-order valence-corrected chi connectivity index (χ0v) is 11.1. The zero-order chi connectivity index (χ0) is 13.2. The van der Waals surface area contributed by atoms with E-state index in [0.29, 0.717) is 13.2 Å². The SMILES string of the molecule is CN(C)C(=O)[C@@]1(C)CN(c2ccccn2)CCO1. The number of aromatic nitrogens is 1. The molecule has 2 rings (SSSR count). The third kappa shape index (κ3) is 2.46. The summed E-state index contributed by atoms with van der Waals surface area (Å²) in [4.78, 5) is 20.1. The van der Waals surface area contributed by atoms with Gasteiger partial charge in [0.25, 0.3) is 5.91 Å². The van der Waals surface area contributed by atoms with Crippen LogP contribution in [-0.4, -0.2) is 55.2 Å². The van der Waals surface area contributed by atoms with Gasteiger partial charge in [0.15, 0.2) is 5.60 Å². The summed E-state index contributed by atoms with van der Waals surface area (Å²) in [5.41, 5.74) is -0.792. The van der Waals surface area contributed by atoms with E-state index in [2.05, 4.69) is 9.88 Å². The summed E-state index contributed by atoms with van der Waals surface area (Å²) in [6.45, 7) is 3.66. The number of morpholine rings is 1. The molecule has 2 heterocycles. The number of hydrogen-bond acceptors (Lipinski definition) is 4. The number of carbonyl (C=O) groups is 1. The van der Waals surface area contributed by atoms with E-state index in [1.165, 1.54) is 0 Å².